The lowest BCUT2D eigenvalue weighted by Gasteiger charge is -2.20. The zero-order chi connectivity index (χ0) is 20.2. The van der Waals surface area contributed by atoms with Gasteiger partial charge in [0.15, 0.2) is 0 Å². The Bertz CT molecular complexity index is 946. The van der Waals surface area contributed by atoms with Crippen molar-refractivity contribution in [3.8, 4) is 17.0 Å². The predicted molar refractivity (Wildman–Crippen MR) is 104 cm³/mol. The molecule has 0 unspecified atom stereocenters. The van der Waals surface area contributed by atoms with E-state index < -0.39 is 10.2 Å². The van der Waals surface area contributed by atoms with E-state index >= 15 is 0 Å². The summed E-state index contributed by atoms with van der Waals surface area (Å²) in [6.45, 7) is 5.21. The smallest absolute Gasteiger partial charge is 0.301 e. The van der Waals surface area contributed by atoms with Crippen LogP contribution in [0.3, 0.4) is 0 Å². The number of hydrogen-bond donors (Lipinski definition) is 2. The number of carbonyl (C=O) groups excluding carboxylic acids is 1. The summed E-state index contributed by atoms with van der Waals surface area (Å²) in [6.07, 6.45) is 3.14. The fourth-order valence-electron chi connectivity index (χ4n) is 2.37. The van der Waals surface area contributed by atoms with Crippen molar-refractivity contribution in [3.05, 3.63) is 30.1 Å². The van der Waals surface area contributed by atoms with Crippen LogP contribution in [0.2, 0.25) is 0 Å². The van der Waals surface area contributed by atoms with Crippen LogP contribution in [0.1, 0.15) is 19.4 Å². The van der Waals surface area contributed by atoms with Crippen LogP contribution in [0.5, 0.6) is 5.88 Å². The average Bonchev–Trinajstić information content (AvgIpc) is 2.62. The van der Waals surface area contributed by atoms with Crippen molar-refractivity contribution >= 4 is 27.6 Å². The second-order valence-electron chi connectivity index (χ2n) is 5.81. The number of pyridine rings is 2. The summed E-state index contributed by atoms with van der Waals surface area (Å²) >= 11 is 0. The monoisotopic (exact) mass is 393 g/mol. The average molecular weight is 393 g/mol. The summed E-state index contributed by atoms with van der Waals surface area (Å²) < 4.78 is 33.8. The van der Waals surface area contributed by atoms with E-state index in [9.17, 15) is 13.2 Å². The summed E-state index contributed by atoms with van der Waals surface area (Å²) in [6, 6.07) is 3.44. The summed E-state index contributed by atoms with van der Waals surface area (Å²) in [5, 5.41) is 2.62. The Kier molecular flexibility index (Phi) is 6.34. The van der Waals surface area contributed by atoms with Crippen LogP contribution in [-0.4, -0.2) is 49.3 Å². The molecule has 0 saturated heterocycles. The molecule has 0 aromatic carbocycles. The minimum atomic E-state index is -3.75. The van der Waals surface area contributed by atoms with E-state index in [2.05, 4.69) is 20.0 Å². The van der Waals surface area contributed by atoms with Crippen LogP contribution in [0, 0.1) is 6.92 Å². The van der Waals surface area contributed by atoms with Crippen LogP contribution in [0.4, 0.5) is 11.5 Å². The van der Waals surface area contributed by atoms with Crippen LogP contribution in [-0.2, 0) is 15.0 Å². The third kappa shape index (κ3) is 4.72. The number of hydrogen-bond acceptors (Lipinski definition) is 6. The van der Waals surface area contributed by atoms with Crippen LogP contribution in [0.25, 0.3) is 11.1 Å². The molecule has 2 aromatic rings. The van der Waals surface area contributed by atoms with Gasteiger partial charge in [-0.2, -0.15) is 12.7 Å². The second kappa shape index (κ2) is 8.31. The Labute approximate surface area is 159 Å². The molecule has 0 atom stereocenters. The summed E-state index contributed by atoms with van der Waals surface area (Å²) in [5.74, 6) is 0.323. The number of amides is 1. The zero-order valence-electron chi connectivity index (χ0n) is 15.9. The summed E-state index contributed by atoms with van der Waals surface area (Å²) in [5.41, 5.74) is 2.30. The molecule has 0 fully saturated rings. The van der Waals surface area contributed by atoms with E-state index in [0.717, 1.165) is 5.56 Å². The fraction of sp³-hybridized carbons (Fsp3) is 0.353. The van der Waals surface area contributed by atoms with Crippen molar-refractivity contribution < 1.29 is 17.9 Å². The Morgan fingerprint density at radius 1 is 1.33 bits per heavy atom. The number of nitrogens with zero attached hydrogens (tertiary/aromatic N) is 3. The van der Waals surface area contributed by atoms with E-state index in [1.165, 1.54) is 25.4 Å². The predicted octanol–water partition coefficient (Wildman–Crippen LogP) is 2.03. The molecule has 0 radical (unpaired) electrons. The van der Waals surface area contributed by atoms with E-state index in [-0.39, 0.29) is 17.5 Å². The maximum Gasteiger partial charge on any atom is 0.301 e. The van der Waals surface area contributed by atoms with Crippen LogP contribution >= 0.6 is 0 Å². The van der Waals surface area contributed by atoms with E-state index in [1.54, 1.807) is 38.4 Å². The van der Waals surface area contributed by atoms with Crippen molar-refractivity contribution in [2.24, 2.45) is 0 Å². The molecule has 0 spiro atoms. The van der Waals surface area contributed by atoms with Gasteiger partial charge in [-0.05, 0) is 30.2 Å². The molecule has 2 heterocycles. The Morgan fingerprint density at radius 2 is 2.04 bits per heavy atom. The number of carbonyl (C=O) groups is 1. The molecular weight excluding hydrogens is 370 g/mol. The first-order valence-corrected chi connectivity index (χ1v) is 9.65. The van der Waals surface area contributed by atoms with Gasteiger partial charge in [0, 0.05) is 38.5 Å². The number of methoxy groups -OCH3 is 1. The number of aromatic nitrogens is 2. The van der Waals surface area contributed by atoms with Crippen LogP contribution < -0.4 is 14.8 Å². The molecule has 1 amide bonds. The first-order valence-electron chi connectivity index (χ1n) is 8.21. The number of rotatable bonds is 7. The quantitative estimate of drug-likeness (QED) is 0.744. The molecule has 0 aliphatic heterocycles. The number of ether oxygens (including phenoxy) is 1. The molecule has 0 aliphatic carbocycles. The van der Waals surface area contributed by atoms with Gasteiger partial charge in [-0.3, -0.25) is 9.52 Å². The fourth-order valence-corrected chi connectivity index (χ4v) is 3.36. The highest BCUT2D eigenvalue weighted by Crippen LogP contribution is 2.35. The molecule has 2 aromatic heterocycles. The third-order valence-corrected chi connectivity index (χ3v) is 5.50. The van der Waals surface area contributed by atoms with E-state index in [4.69, 9.17) is 4.74 Å². The lowest BCUT2D eigenvalue weighted by Crippen LogP contribution is -2.32. The van der Waals surface area contributed by atoms with Crippen LogP contribution in [0.15, 0.2) is 24.5 Å². The molecule has 0 bridgehead atoms. The highest BCUT2D eigenvalue weighted by molar-refractivity contribution is 7.90. The summed E-state index contributed by atoms with van der Waals surface area (Å²) in [7, 11) is -0.851. The van der Waals surface area contributed by atoms with Gasteiger partial charge >= 0.3 is 10.2 Å². The van der Waals surface area contributed by atoms with Crippen molar-refractivity contribution in [1.29, 1.82) is 0 Å². The molecular formula is C17H23N5O4S. The molecule has 2 N–H and O–H groups in total. The minimum Gasteiger partial charge on any atom is -0.479 e. The minimum absolute atomic E-state index is 0.167. The van der Waals surface area contributed by atoms with Gasteiger partial charge in [-0.1, -0.05) is 6.92 Å². The first kappa shape index (κ1) is 20.6. The molecule has 27 heavy (non-hydrogen) atoms. The highest BCUT2D eigenvalue weighted by atomic mass is 32.2. The second-order valence-corrected chi connectivity index (χ2v) is 7.59. The molecule has 0 aliphatic rings. The van der Waals surface area contributed by atoms with Crippen molar-refractivity contribution in [3.63, 3.8) is 0 Å². The summed E-state index contributed by atoms with van der Waals surface area (Å²) in [4.78, 5) is 19.6. The van der Waals surface area contributed by atoms with Gasteiger partial charge in [0.1, 0.15) is 11.5 Å². The Hall–Kier alpha value is -2.72. The van der Waals surface area contributed by atoms with Crippen molar-refractivity contribution in [2.75, 3.05) is 30.7 Å². The van der Waals surface area contributed by atoms with Crippen molar-refractivity contribution in [2.45, 2.75) is 20.8 Å². The molecule has 9 nitrogen and oxygen atoms in total. The maximum atomic E-state index is 12.4. The number of nitrogens with one attached hydrogen (secondary N) is 2. The Balaban J connectivity index is 2.54. The lowest BCUT2D eigenvalue weighted by atomic mass is 10.0. The van der Waals surface area contributed by atoms with Gasteiger partial charge in [0.2, 0.25) is 11.8 Å². The van der Waals surface area contributed by atoms with Gasteiger partial charge in [-0.15, -0.1) is 0 Å². The van der Waals surface area contributed by atoms with E-state index in [0.29, 0.717) is 23.5 Å². The third-order valence-electron chi connectivity index (χ3n) is 3.96. The molecule has 146 valence electrons. The SMILES string of the molecule is CCN(C)S(=O)(=O)Nc1c(OC)ncc(-c2ccnc(NC(C)=O)c2)c1C. The van der Waals surface area contributed by atoms with E-state index in [1.807, 2.05) is 0 Å². The maximum absolute atomic E-state index is 12.4. The van der Waals surface area contributed by atoms with Gasteiger partial charge in [0.25, 0.3) is 0 Å². The number of anilines is 2. The molecule has 0 saturated carbocycles. The molecule has 2 rings (SSSR count). The van der Waals surface area contributed by atoms with Gasteiger partial charge in [0.05, 0.1) is 7.11 Å². The van der Waals surface area contributed by atoms with Crippen molar-refractivity contribution in [1.82, 2.24) is 14.3 Å². The van der Waals surface area contributed by atoms with Gasteiger partial charge < -0.3 is 10.1 Å². The molecule has 10 heteroatoms. The standard InChI is InChI=1S/C17H23N5O4S/c1-6-22(4)27(24,25)21-16-11(2)14(10-19-17(16)26-5)13-7-8-18-15(9-13)20-12(3)23/h7-10,21H,6H2,1-5H3,(H,18,20,23). The lowest BCUT2D eigenvalue weighted by molar-refractivity contribution is -0.114. The van der Waals surface area contributed by atoms with Gasteiger partial charge in [-0.25, -0.2) is 9.97 Å². The zero-order valence-corrected chi connectivity index (χ0v) is 16.7. The first-order chi connectivity index (χ1) is 12.7. The Morgan fingerprint density at radius 3 is 2.63 bits per heavy atom. The normalized spacial score (nSPS) is 11.3. The topological polar surface area (TPSA) is 114 Å². The highest BCUT2D eigenvalue weighted by Gasteiger charge is 2.22. The largest absolute Gasteiger partial charge is 0.479 e.